The largest absolute Gasteiger partial charge is 0.478 e. The first-order valence-electron chi connectivity index (χ1n) is 18.7. The lowest BCUT2D eigenvalue weighted by atomic mass is 9.74. The molecule has 0 fully saturated rings. The summed E-state index contributed by atoms with van der Waals surface area (Å²) in [5, 5.41) is 41.8. The number of aliphatic hydroxyl groups is 2. The number of aromatic nitrogens is 2. The summed E-state index contributed by atoms with van der Waals surface area (Å²) in [4.78, 5) is 43.6. The predicted molar refractivity (Wildman–Crippen MR) is 218 cm³/mol. The van der Waals surface area contributed by atoms with Gasteiger partial charge < -0.3 is 25.2 Å². The van der Waals surface area contributed by atoms with E-state index in [2.05, 4.69) is 9.97 Å². The van der Waals surface area contributed by atoms with Gasteiger partial charge in [0.05, 0.1) is 35.2 Å². The van der Waals surface area contributed by atoms with Crippen LogP contribution in [-0.2, 0) is 15.9 Å². The molecule has 0 saturated heterocycles. The molecule has 17 heteroatoms. The third-order valence-electron chi connectivity index (χ3n) is 11.1. The van der Waals surface area contributed by atoms with Crippen molar-refractivity contribution in [1.82, 2.24) is 9.97 Å². The van der Waals surface area contributed by atoms with Gasteiger partial charge in [0.25, 0.3) is 0 Å². The van der Waals surface area contributed by atoms with Crippen molar-refractivity contribution in [2.24, 2.45) is 0 Å². The summed E-state index contributed by atoms with van der Waals surface area (Å²) in [6.07, 6.45) is -8.61. The molecule has 4 N–H and O–H groups in total. The monoisotopic (exact) mass is 892 g/mol. The molecule has 0 radical (unpaired) electrons. The molecule has 326 valence electrons. The number of esters is 1. The molecule has 2 heterocycles. The topological polar surface area (TPSA) is 167 Å². The van der Waals surface area contributed by atoms with Crippen LogP contribution in [0.2, 0.25) is 5.02 Å². The number of carboxylic acids is 2. The van der Waals surface area contributed by atoms with Gasteiger partial charge in [-0.05, 0) is 100 Å². The van der Waals surface area contributed by atoms with Crippen molar-refractivity contribution < 1.29 is 65.9 Å². The average Bonchev–Trinajstić information content (AvgIpc) is 3.26. The molecule has 6 rings (SSSR count). The van der Waals surface area contributed by atoms with Gasteiger partial charge in [-0.2, -0.15) is 26.3 Å². The van der Waals surface area contributed by atoms with E-state index < -0.39 is 64.4 Å². The van der Waals surface area contributed by atoms with E-state index in [-0.39, 0.29) is 66.5 Å². The summed E-state index contributed by atoms with van der Waals surface area (Å²) in [7, 11) is 1.06. The summed E-state index contributed by atoms with van der Waals surface area (Å²) in [5.41, 5.74) is -8.82. The van der Waals surface area contributed by atoms with Crippen molar-refractivity contribution in [2.75, 3.05) is 7.11 Å². The number of pyridine rings is 2. The zero-order valence-electron chi connectivity index (χ0n) is 33.2. The highest BCUT2D eigenvalue weighted by molar-refractivity contribution is 6.31. The number of aromatic carboxylic acids is 2. The van der Waals surface area contributed by atoms with Gasteiger partial charge in [0.15, 0.2) is 11.2 Å². The van der Waals surface area contributed by atoms with Crippen LogP contribution in [0.5, 0.6) is 0 Å². The first kappa shape index (κ1) is 45.9. The van der Waals surface area contributed by atoms with Gasteiger partial charge in [0, 0.05) is 40.4 Å². The Bertz CT molecular complexity index is 2710. The van der Waals surface area contributed by atoms with Crippen LogP contribution in [0, 0.1) is 0 Å². The van der Waals surface area contributed by atoms with E-state index >= 15 is 26.3 Å². The van der Waals surface area contributed by atoms with Gasteiger partial charge in [-0.25, -0.2) is 14.4 Å². The second-order valence-electron chi connectivity index (χ2n) is 14.6. The predicted octanol–water partition coefficient (Wildman–Crippen LogP) is 10.4. The van der Waals surface area contributed by atoms with E-state index in [0.717, 1.165) is 63.7 Å². The lowest BCUT2D eigenvalue weighted by Gasteiger charge is -2.38. The van der Waals surface area contributed by atoms with Crippen LogP contribution in [0.1, 0.15) is 79.0 Å². The van der Waals surface area contributed by atoms with Crippen LogP contribution in [0.25, 0.3) is 33.6 Å². The molecule has 4 atom stereocenters. The SMILES string of the molecule is COC(=O)c1ccc(-c2ccc(C(C)C(O)(c3ccnc(-c4ccc(C(=O)O)cc4)c3)C(F)(F)F)c(Cl)c2)c(C(C)C(O)(c2ccnc(-c3ccc(C(=O)O)cc3)c2)C(F)(F)F)c1. The lowest BCUT2D eigenvalue weighted by molar-refractivity contribution is -0.274. The van der Waals surface area contributed by atoms with E-state index in [4.69, 9.17) is 16.3 Å². The number of carboxylic acid groups (broad SMARTS) is 2. The highest BCUT2D eigenvalue weighted by Gasteiger charge is 2.60. The third-order valence-corrected chi connectivity index (χ3v) is 11.4. The van der Waals surface area contributed by atoms with Crippen LogP contribution >= 0.6 is 11.6 Å². The number of carbonyl (C=O) groups is 3. The van der Waals surface area contributed by atoms with E-state index in [1.165, 1.54) is 78.9 Å². The Morgan fingerprint density at radius 3 is 1.38 bits per heavy atom. The van der Waals surface area contributed by atoms with Gasteiger partial charge in [-0.15, -0.1) is 0 Å². The third kappa shape index (κ3) is 8.61. The Morgan fingerprint density at radius 2 is 0.984 bits per heavy atom. The summed E-state index contributed by atoms with van der Waals surface area (Å²) in [6, 6.07) is 21.5. The Morgan fingerprint density at radius 1 is 0.571 bits per heavy atom. The number of nitrogens with zero attached hydrogens (tertiary/aromatic N) is 2. The van der Waals surface area contributed by atoms with Crippen molar-refractivity contribution in [3.8, 4) is 33.6 Å². The second-order valence-corrected chi connectivity index (χ2v) is 15.0. The number of rotatable bonds is 12. The highest BCUT2D eigenvalue weighted by atomic mass is 35.5. The van der Waals surface area contributed by atoms with Gasteiger partial charge in [-0.3, -0.25) is 9.97 Å². The number of hydrogen-bond donors (Lipinski definition) is 4. The normalized spacial score (nSPS) is 14.8. The maximum atomic E-state index is 15.4. The van der Waals surface area contributed by atoms with Crippen molar-refractivity contribution in [2.45, 2.75) is 49.2 Å². The molecular formula is C46H35ClF6N2O8. The molecule has 0 bridgehead atoms. The van der Waals surface area contributed by atoms with Gasteiger partial charge in [0.1, 0.15) is 0 Å². The number of methoxy groups -OCH3 is 1. The van der Waals surface area contributed by atoms with Crippen LogP contribution in [0.15, 0.2) is 122 Å². The maximum absolute atomic E-state index is 15.4. The zero-order valence-corrected chi connectivity index (χ0v) is 33.9. The highest BCUT2D eigenvalue weighted by Crippen LogP contribution is 2.53. The summed E-state index contributed by atoms with van der Waals surface area (Å²) >= 11 is 6.70. The Kier molecular flexibility index (Phi) is 12.6. The molecule has 4 aromatic carbocycles. The first-order valence-corrected chi connectivity index (χ1v) is 19.1. The van der Waals surface area contributed by atoms with Crippen LogP contribution in [0.4, 0.5) is 26.3 Å². The van der Waals surface area contributed by atoms with Crippen LogP contribution in [0.3, 0.4) is 0 Å². The van der Waals surface area contributed by atoms with Crippen molar-refractivity contribution in [1.29, 1.82) is 0 Å². The van der Waals surface area contributed by atoms with Crippen molar-refractivity contribution >= 4 is 29.5 Å². The standard InChI is InChI=1S/C46H35ClF6N2O8/c1-24(43(61,45(48,49)50)32-16-18-54-38(22-32)26-4-8-28(9-5-26)40(56)57)34-14-12-30(21-37(34)47)35-15-13-31(42(60)63-3)20-36(35)25(2)44(62,46(51,52)53)33-17-19-55-39(23-33)27-6-10-29(11-7-27)41(58)59/h4-25,61-62H,1-3H3,(H,56,57)(H,58,59). The molecule has 10 nitrogen and oxygen atoms in total. The Hall–Kier alpha value is -6.62. The summed E-state index contributed by atoms with van der Waals surface area (Å²) in [5.74, 6) is -7.12. The molecule has 0 saturated carbocycles. The van der Waals surface area contributed by atoms with E-state index in [1.54, 1.807) is 0 Å². The molecule has 2 aromatic heterocycles. The number of halogens is 7. The fourth-order valence-electron chi connectivity index (χ4n) is 7.46. The summed E-state index contributed by atoms with van der Waals surface area (Å²) in [6.45, 7) is 2.15. The molecule has 63 heavy (non-hydrogen) atoms. The number of alkyl halides is 6. The van der Waals surface area contributed by atoms with E-state index in [1.807, 2.05) is 0 Å². The van der Waals surface area contributed by atoms with Crippen molar-refractivity contribution in [3.63, 3.8) is 0 Å². The minimum atomic E-state index is -5.38. The van der Waals surface area contributed by atoms with Crippen LogP contribution < -0.4 is 0 Å². The number of ether oxygens (including phenoxy) is 1. The fourth-order valence-corrected chi connectivity index (χ4v) is 7.81. The van der Waals surface area contributed by atoms with Gasteiger partial charge in [0.2, 0.25) is 0 Å². The maximum Gasteiger partial charge on any atom is 0.422 e. The molecular weight excluding hydrogens is 858 g/mol. The van der Waals surface area contributed by atoms with E-state index in [9.17, 15) is 34.8 Å². The van der Waals surface area contributed by atoms with Crippen LogP contribution in [-0.4, -0.2) is 67.8 Å². The Labute approximate surface area is 360 Å². The summed E-state index contributed by atoms with van der Waals surface area (Å²) < 4.78 is 96.3. The minimum Gasteiger partial charge on any atom is -0.478 e. The second kappa shape index (κ2) is 17.3. The van der Waals surface area contributed by atoms with Gasteiger partial charge >= 0.3 is 30.3 Å². The molecule has 0 spiro atoms. The lowest BCUT2D eigenvalue weighted by Crippen LogP contribution is -2.46. The quantitative estimate of drug-likeness (QED) is 0.0686. The van der Waals surface area contributed by atoms with Crippen molar-refractivity contribution in [3.05, 3.63) is 166 Å². The molecule has 0 aliphatic rings. The number of benzene rings is 4. The number of carbonyl (C=O) groups excluding carboxylic acids is 1. The van der Waals surface area contributed by atoms with E-state index in [0.29, 0.717) is 0 Å². The molecule has 4 unspecified atom stereocenters. The zero-order chi connectivity index (χ0) is 46.2. The van der Waals surface area contributed by atoms with Gasteiger partial charge in [-0.1, -0.05) is 67.9 Å². The fraction of sp³-hybridized carbons (Fsp3) is 0.196. The molecule has 0 aliphatic carbocycles. The molecule has 0 aliphatic heterocycles. The minimum absolute atomic E-state index is 0.00348. The number of hydrogen-bond acceptors (Lipinski definition) is 8. The average molecular weight is 893 g/mol. The molecule has 6 aromatic rings. The smallest absolute Gasteiger partial charge is 0.422 e. The first-order chi connectivity index (χ1) is 29.5. The molecule has 0 amide bonds. The Balaban J connectivity index is 1.44.